The minimum absolute atomic E-state index is 0.0766. The maximum Gasteiger partial charge on any atom is 0.275 e. The molecule has 2 aromatic heterocycles. The van der Waals surface area contributed by atoms with E-state index in [1.165, 1.54) is 17.4 Å². The highest BCUT2D eigenvalue weighted by molar-refractivity contribution is 7.20. The normalized spacial score (nSPS) is 11.8. The Morgan fingerprint density at radius 2 is 1.92 bits per heavy atom. The lowest BCUT2D eigenvalue weighted by molar-refractivity contribution is 0.0952. The van der Waals surface area contributed by atoms with Crippen molar-refractivity contribution in [3.05, 3.63) is 51.8 Å². The smallest absolute Gasteiger partial charge is 0.275 e. The molecule has 2 N–H and O–H groups in total. The Kier molecular flexibility index (Phi) is 4.50. The van der Waals surface area contributed by atoms with Crippen molar-refractivity contribution in [2.24, 2.45) is 5.10 Å². The fourth-order valence-corrected chi connectivity index (χ4v) is 3.95. The lowest BCUT2D eigenvalue weighted by atomic mass is 10.1. The molecule has 1 aromatic carbocycles. The van der Waals surface area contributed by atoms with Crippen molar-refractivity contribution >= 4 is 33.2 Å². The van der Waals surface area contributed by atoms with Gasteiger partial charge in [0.25, 0.3) is 5.91 Å². The molecule has 1 amide bonds. The second kappa shape index (κ2) is 6.60. The fourth-order valence-electron chi connectivity index (χ4n) is 2.73. The van der Waals surface area contributed by atoms with E-state index in [2.05, 4.69) is 20.5 Å². The number of aromatic nitrogens is 2. The predicted octanol–water partition coefficient (Wildman–Crippen LogP) is 3.48. The second-order valence-corrected chi connectivity index (χ2v) is 6.75. The monoisotopic (exact) mass is 354 g/mol. The predicted molar refractivity (Wildman–Crippen MR) is 99.4 cm³/mol. The molecule has 3 aromatic rings. The van der Waals surface area contributed by atoms with Gasteiger partial charge in [-0.05, 0) is 45.4 Å². The molecule has 0 saturated heterocycles. The molecule has 7 heteroatoms. The van der Waals surface area contributed by atoms with Gasteiger partial charge in [0.2, 0.25) is 0 Å². The molecule has 0 aliphatic heterocycles. The van der Waals surface area contributed by atoms with Crippen molar-refractivity contribution < 1.29 is 9.90 Å². The summed E-state index contributed by atoms with van der Waals surface area (Å²) < 4.78 is 0. The Bertz CT molecular complexity index is 1010. The summed E-state index contributed by atoms with van der Waals surface area (Å²) in [6, 6.07) is 6.35. The Morgan fingerprint density at radius 3 is 2.64 bits per heavy atom. The van der Waals surface area contributed by atoms with Crippen molar-refractivity contribution in [2.45, 2.75) is 27.7 Å². The number of hydrogen-bond acceptors (Lipinski definition) is 6. The van der Waals surface area contributed by atoms with Crippen molar-refractivity contribution in [1.29, 1.82) is 0 Å². The number of fused-ring (bicyclic) bond motifs is 1. The van der Waals surface area contributed by atoms with Crippen molar-refractivity contribution in [2.75, 3.05) is 0 Å². The van der Waals surface area contributed by atoms with Gasteiger partial charge in [0.15, 0.2) is 0 Å². The first-order valence-corrected chi connectivity index (χ1v) is 8.57. The summed E-state index contributed by atoms with van der Waals surface area (Å²) in [5, 5.41) is 15.0. The SMILES string of the molecule is C/C(=N\NC(=O)c1ccccc1O)c1sc2nc(C)nc(C)c2c1C. The highest BCUT2D eigenvalue weighted by Crippen LogP contribution is 2.31. The number of carbonyl (C=O) groups excluding carboxylic acids is 1. The topological polar surface area (TPSA) is 87.5 Å². The molecule has 0 atom stereocenters. The minimum Gasteiger partial charge on any atom is -0.507 e. The van der Waals surface area contributed by atoms with Crippen LogP contribution in [0.4, 0.5) is 0 Å². The van der Waals surface area contributed by atoms with Gasteiger partial charge >= 0.3 is 0 Å². The molecule has 0 bridgehead atoms. The van der Waals surface area contributed by atoms with Crippen LogP contribution in [0.15, 0.2) is 29.4 Å². The van der Waals surface area contributed by atoms with Crippen LogP contribution in [0.5, 0.6) is 5.75 Å². The molecule has 6 nitrogen and oxygen atoms in total. The zero-order valence-electron chi connectivity index (χ0n) is 14.4. The molecular formula is C18H18N4O2S. The molecular weight excluding hydrogens is 336 g/mol. The van der Waals surface area contributed by atoms with Gasteiger partial charge in [0.1, 0.15) is 16.4 Å². The van der Waals surface area contributed by atoms with Crippen LogP contribution in [0, 0.1) is 20.8 Å². The summed E-state index contributed by atoms with van der Waals surface area (Å²) in [7, 11) is 0. The number of aromatic hydroxyl groups is 1. The average molecular weight is 354 g/mol. The zero-order valence-corrected chi connectivity index (χ0v) is 15.2. The van der Waals surface area contributed by atoms with Gasteiger partial charge in [-0.2, -0.15) is 5.10 Å². The number of nitrogens with one attached hydrogen (secondary N) is 1. The van der Waals surface area contributed by atoms with E-state index in [9.17, 15) is 9.90 Å². The number of benzene rings is 1. The number of phenols is 1. The molecule has 2 heterocycles. The summed E-state index contributed by atoms with van der Waals surface area (Å²) in [5.41, 5.74) is 5.35. The highest BCUT2D eigenvalue weighted by Gasteiger charge is 2.16. The number of aryl methyl sites for hydroxylation is 3. The lowest BCUT2D eigenvalue weighted by Crippen LogP contribution is -2.19. The highest BCUT2D eigenvalue weighted by atomic mass is 32.1. The molecule has 0 unspecified atom stereocenters. The zero-order chi connectivity index (χ0) is 18.1. The van der Waals surface area contributed by atoms with Gasteiger partial charge in [0, 0.05) is 11.1 Å². The maximum absolute atomic E-state index is 12.2. The Balaban J connectivity index is 1.92. The van der Waals surface area contributed by atoms with Gasteiger partial charge in [-0.15, -0.1) is 11.3 Å². The summed E-state index contributed by atoms with van der Waals surface area (Å²) in [4.78, 5) is 22.9. The Morgan fingerprint density at radius 1 is 1.20 bits per heavy atom. The molecule has 3 rings (SSSR count). The summed E-state index contributed by atoms with van der Waals surface area (Å²) >= 11 is 1.53. The second-order valence-electron chi connectivity index (χ2n) is 5.75. The fraction of sp³-hybridized carbons (Fsp3) is 0.222. The molecule has 0 aliphatic carbocycles. The lowest BCUT2D eigenvalue weighted by Gasteiger charge is -2.04. The third-order valence-corrected chi connectivity index (χ3v) is 5.18. The molecule has 0 aliphatic rings. The Hall–Kier alpha value is -2.80. The molecule has 25 heavy (non-hydrogen) atoms. The van der Waals surface area contributed by atoms with E-state index >= 15 is 0 Å². The summed E-state index contributed by atoms with van der Waals surface area (Å²) in [6.07, 6.45) is 0. The van der Waals surface area contributed by atoms with E-state index in [-0.39, 0.29) is 11.3 Å². The average Bonchev–Trinajstić information content (AvgIpc) is 2.89. The third-order valence-electron chi connectivity index (χ3n) is 3.89. The third kappa shape index (κ3) is 3.23. The van der Waals surface area contributed by atoms with Crippen molar-refractivity contribution in [3.8, 4) is 5.75 Å². The number of carbonyl (C=O) groups is 1. The molecule has 128 valence electrons. The van der Waals surface area contributed by atoms with Crippen LogP contribution < -0.4 is 5.43 Å². The first-order valence-electron chi connectivity index (χ1n) is 7.75. The van der Waals surface area contributed by atoms with Gasteiger partial charge < -0.3 is 5.11 Å². The van der Waals surface area contributed by atoms with E-state index < -0.39 is 5.91 Å². The van der Waals surface area contributed by atoms with Crippen LogP contribution >= 0.6 is 11.3 Å². The van der Waals surface area contributed by atoms with Crippen LogP contribution in [-0.2, 0) is 0 Å². The number of phenolic OH excluding ortho intramolecular Hbond substituents is 1. The number of nitrogens with zero attached hydrogens (tertiary/aromatic N) is 3. The number of rotatable bonds is 3. The number of amides is 1. The van der Waals surface area contributed by atoms with Gasteiger partial charge in [-0.3, -0.25) is 4.79 Å². The van der Waals surface area contributed by atoms with Gasteiger partial charge in [0.05, 0.1) is 16.2 Å². The van der Waals surface area contributed by atoms with Crippen LogP contribution in [0.1, 0.15) is 39.2 Å². The van der Waals surface area contributed by atoms with Crippen LogP contribution in [0.2, 0.25) is 0 Å². The number of para-hydroxylation sites is 1. The van der Waals surface area contributed by atoms with Crippen LogP contribution in [0.3, 0.4) is 0 Å². The first kappa shape index (κ1) is 17.0. The molecule has 0 radical (unpaired) electrons. The summed E-state index contributed by atoms with van der Waals surface area (Å²) in [6.45, 7) is 7.67. The standard InChI is InChI=1S/C18H18N4O2S/c1-9-15-10(2)19-12(4)20-18(15)25-16(9)11(3)21-22-17(24)13-7-5-6-8-14(13)23/h5-8,23H,1-4H3,(H,22,24)/b21-11+. The molecule has 0 fully saturated rings. The van der Waals surface area contributed by atoms with Gasteiger partial charge in [-0.1, -0.05) is 12.1 Å². The summed E-state index contributed by atoms with van der Waals surface area (Å²) in [5.74, 6) is 0.204. The van der Waals surface area contributed by atoms with E-state index in [1.807, 2.05) is 27.7 Å². The maximum atomic E-state index is 12.2. The largest absolute Gasteiger partial charge is 0.507 e. The van der Waals surface area contributed by atoms with E-state index in [4.69, 9.17) is 0 Å². The van der Waals surface area contributed by atoms with Crippen molar-refractivity contribution in [1.82, 2.24) is 15.4 Å². The van der Waals surface area contributed by atoms with Crippen LogP contribution in [-0.4, -0.2) is 26.7 Å². The number of thiophene rings is 1. The first-order chi connectivity index (χ1) is 11.9. The quantitative estimate of drug-likeness (QED) is 0.557. The minimum atomic E-state index is -0.456. The van der Waals surface area contributed by atoms with Crippen molar-refractivity contribution in [3.63, 3.8) is 0 Å². The molecule has 0 saturated carbocycles. The number of hydrogen-bond donors (Lipinski definition) is 2. The molecule has 0 spiro atoms. The van der Waals surface area contributed by atoms with E-state index in [1.54, 1.807) is 18.2 Å². The Labute approximate surface area is 149 Å². The number of hydrazone groups is 1. The van der Waals surface area contributed by atoms with E-state index in [0.29, 0.717) is 5.71 Å². The van der Waals surface area contributed by atoms with Crippen LogP contribution in [0.25, 0.3) is 10.2 Å². The van der Waals surface area contributed by atoms with Gasteiger partial charge in [-0.25, -0.2) is 15.4 Å². The van der Waals surface area contributed by atoms with E-state index in [0.717, 1.165) is 32.2 Å².